The fourth-order valence-electron chi connectivity index (χ4n) is 3.01. The number of methoxy groups -OCH3 is 1. The van der Waals surface area contributed by atoms with E-state index < -0.39 is 11.9 Å². The maximum Gasteiger partial charge on any atom is 0.337 e. The van der Waals surface area contributed by atoms with Gasteiger partial charge in [-0.15, -0.1) is 0 Å². The van der Waals surface area contributed by atoms with Crippen LogP contribution in [-0.4, -0.2) is 52.3 Å². The number of rotatable bonds is 6. The third kappa shape index (κ3) is 3.96. The molecule has 3 aromatic rings. The van der Waals surface area contributed by atoms with Crippen LogP contribution >= 0.6 is 0 Å². The fraction of sp³-hybridized carbons (Fsp3) is 0.238. The number of hydrogen-bond acceptors (Lipinski definition) is 5. The molecule has 0 unspecified atom stereocenters. The van der Waals surface area contributed by atoms with E-state index in [1.54, 1.807) is 58.0 Å². The Morgan fingerprint density at radius 2 is 1.76 bits per heavy atom. The van der Waals surface area contributed by atoms with Crippen molar-refractivity contribution in [1.82, 2.24) is 14.3 Å². The number of nitrogens with one attached hydrogen (secondary N) is 1. The second-order valence-electron chi connectivity index (χ2n) is 6.24. The molecular weight excluding hydrogens is 372 g/mol. The Hall–Kier alpha value is -3.68. The SMILES string of the molecule is CCN(CC)C(=O)c1nc(C(=O)Nc2ccc(C(=O)OC)cc2)n2ccccc12. The van der Waals surface area contributed by atoms with Gasteiger partial charge in [0.05, 0.1) is 18.2 Å². The molecule has 150 valence electrons. The number of amides is 2. The first-order valence-electron chi connectivity index (χ1n) is 9.26. The molecule has 0 spiro atoms. The van der Waals surface area contributed by atoms with E-state index in [0.717, 1.165) is 0 Å². The highest BCUT2D eigenvalue weighted by atomic mass is 16.5. The lowest BCUT2D eigenvalue weighted by molar-refractivity contribution is 0.0600. The summed E-state index contributed by atoms with van der Waals surface area (Å²) in [6.45, 7) is 4.89. The van der Waals surface area contributed by atoms with Gasteiger partial charge >= 0.3 is 5.97 Å². The molecule has 0 radical (unpaired) electrons. The van der Waals surface area contributed by atoms with Gasteiger partial charge in [0.15, 0.2) is 5.69 Å². The highest BCUT2D eigenvalue weighted by molar-refractivity contribution is 6.06. The summed E-state index contributed by atoms with van der Waals surface area (Å²) in [5.74, 6) is -1.04. The quantitative estimate of drug-likeness (QED) is 0.649. The van der Waals surface area contributed by atoms with Crippen molar-refractivity contribution in [3.63, 3.8) is 0 Å². The van der Waals surface area contributed by atoms with E-state index in [4.69, 9.17) is 0 Å². The normalized spacial score (nSPS) is 10.6. The standard InChI is InChI=1S/C21H22N4O4/c1-4-24(5-2)20(27)17-16-8-6-7-13-25(16)18(23-17)19(26)22-15-11-9-14(10-12-15)21(28)29-3/h6-13H,4-5H2,1-3H3,(H,22,26). The zero-order valence-electron chi connectivity index (χ0n) is 16.5. The number of carbonyl (C=O) groups excluding carboxylic acids is 3. The molecule has 3 rings (SSSR count). The van der Waals surface area contributed by atoms with Gasteiger partial charge in [0.2, 0.25) is 5.82 Å². The Bertz CT molecular complexity index is 1050. The molecule has 0 aliphatic carbocycles. The number of hydrogen-bond donors (Lipinski definition) is 1. The summed E-state index contributed by atoms with van der Waals surface area (Å²) in [6, 6.07) is 11.6. The van der Waals surface area contributed by atoms with Crippen molar-refractivity contribution in [2.75, 3.05) is 25.5 Å². The first kappa shape index (κ1) is 20.1. The Labute approximate surface area is 168 Å². The molecule has 2 amide bonds. The highest BCUT2D eigenvalue weighted by Gasteiger charge is 2.24. The van der Waals surface area contributed by atoms with Gasteiger partial charge in [-0.2, -0.15) is 0 Å². The maximum atomic E-state index is 12.8. The average Bonchev–Trinajstić information content (AvgIpc) is 3.14. The zero-order chi connectivity index (χ0) is 21.0. The molecule has 8 nitrogen and oxygen atoms in total. The average molecular weight is 394 g/mol. The molecule has 0 saturated heterocycles. The van der Waals surface area contributed by atoms with Crippen LogP contribution in [0.25, 0.3) is 5.52 Å². The monoisotopic (exact) mass is 394 g/mol. The van der Waals surface area contributed by atoms with Crippen molar-refractivity contribution >= 4 is 29.0 Å². The summed E-state index contributed by atoms with van der Waals surface area (Å²) >= 11 is 0. The third-order valence-electron chi connectivity index (χ3n) is 4.57. The van der Waals surface area contributed by atoms with Gasteiger partial charge in [-0.05, 0) is 50.2 Å². The lowest BCUT2D eigenvalue weighted by atomic mass is 10.2. The van der Waals surface area contributed by atoms with Crippen LogP contribution in [0.15, 0.2) is 48.7 Å². The van der Waals surface area contributed by atoms with Crippen molar-refractivity contribution in [3.8, 4) is 0 Å². The third-order valence-corrected chi connectivity index (χ3v) is 4.57. The lowest BCUT2D eigenvalue weighted by Crippen LogP contribution is -2.31. The molecule has 0 bridgehead atoms. The van der Waals surface area contributed by atoms with E-state index in [2.05, 4.69) is 15.0 Å². The van der Waals surface area contributed by atoms with Crippen molar-refractivity contribution in [2.24, 2.45) is 0 Å². The largest absolute Gasteiger partial charge is 0.465 e. The minimum absolute atomic E-state index is 0.105. The predicted octanol–water partition coefficient (Wildman–Crippen LogP) is 2.86. The van der Waals surface area contributed by atoms with E-state index in [-0.39, 0.29) is 17.4 Å². The molecule has 8 heteroatoms. The number of anilines is 1. The number of ether oxygens (including phenoxy) is 1. The molecule has 0 saturated carbocycles. The van der Waals surface area contributed by atoms with Crippen LogP contribution in [0.5, 0.6) is 0 Å². The van der Waals surface area contributed by atoms with Crippen LogP contribution in [-0.2, 0) is 4.74 Å². The van der Waals surface area contributed by atoms with Gasteiger partial charge in [0.1, 0.15) is 0 Å². The highest BCUT2D eigenvalue weighted by Crippen LogP contribution is 2.17. The van der Waals surface area contributed by atoms with Crippen molar-refractivity contribution in [2.45, 2.75) is 13.8 Å². The smallest absolute Gasteiger partial charge is 0.337 e. The molecule has 1 aromatic carbocycles. The number of aromatic nitrogens is 2. The second kappa shape index (κ2) is 8.55. The molecular formula is C21H22N4O4. The Morgan fingerprint density at radius 3 is 2.38 bits per heavy atom. The van der Waals surface area contributed by atoms with Gasteiger partial charge in [0.25, 0.3) is 11.8 Å². The molecule has 0 aliphatic rings. The van der Waals surface area contributed by atoms with Crippen LogP contribution in [0, 0.1) is 0 Å². The number of carbonyl (C=O) groups is 3. The van der Waals surface area contributed by atoms with Crippen molar-refractivity contribution < 1.29 is 19.1 Å². The molecule has 2 heterocycles. The van der Waals surface area contributed by atoms with E-state index in [9.17, 15) is 14.4 Å². The molecule has 0 atom stereocenters. The van der Waals surface area contributed by atoms with Crippen LogP contribution in [0.3, 0.4) is 0 Å². The molecule has 0 aliphatic heterocycles. The zero-order valence-corrected chi connectivity index (χ0v) is 16.5. The minimum atomic E-state index is -0.462. The van der Waals surface area contributed by atoms with Gasteiger partial charge in [-0.25, -0.2) is 9.78 Å². The Kier molecular flexibility index (Phi) is 5.92. The number of benzene rings is 1. The topological polar surface area (TPSA) is 93.0 Å². The summed E-state index contributed by atoms with van der Waals surface area (Å²) < 4.78 is 6.25. The number of esters is 1. The number of nitrogens with zero attached hydrogens (tertiary/aromatic N) is 3. The minimum Gasteiger partial charge on any atom is -0.465 e. The summed E-state index contributed by atoms with van der Waals surface area (Å²) in [4.78, 5) is 43.2. The summed E-state index contributed by atoms with van der Waals surface area (Å²) in [7, 11) is 1.30. The van der Waals surface area contributed by atoms with E-state index in [0.29, 0.717) is 29.9 Å². The van der Waals surface area contributed by atoms with E-state index in [1.807, 2.05) is 13.8 Å². The summed E-state index contributed by atoms with van der Waals surface area (Å²) in [5.41, 5.74) is 1.67. The van der Waals surface area contributed by atoms with Crippen LogP contribution in [0.2, 0.25) is 0 Å². The maximum absolute atomic E-state index is 12.8. The van der Waals surface area contributed by atoms with Gasteiger partial charge < -0.3 is 15.0 Å². The van der Waals surface area contributed by atoms with Crippen molar-refractivity contribution in [3.05, 3.63) is 65.7 Å². The van der Waals surface area contributed by atoms with E-state index >= 15 is 0 Å². The Balaban J connectivity index is 1.92. The molecule has 1 N–H and O–H groups in total. The molecule has 2 aromatic heterocycles. The summed E-state index contributed by atoms with van der Waals surface area (Å²) in [5, 5.41) is 2.74. The lowest BCUT2D eigenvalue weighted by Gasteiger charge is -2.17. The van der Waals surface area contributed by atoms with Crippen LogP contribution in [0.1, 0.15) is 45.3 Å². The summed E-state index contributed by atoms with van der Waals surface area (Å²) in [6.07, 6.45) is 1.69. The predicted molar refractivity (Wildman–Crippen MR) is 108 cm³/mol. The fourth-order valence-corrected chi connectivity index (χ4v) is 3.01. The van der Waals surface area contributed by atoms with Gasteiger partial charge in [0, 0.05) is 25.0 Å². The van der Waals surface area contributed by atoms with Crippen LogP contribution in [0.4, 0.5) is 5.69 Å². The second-order valence-corrected chi connectivity index (χ2v) is 6.24. The molecule has 0 fully saturated rings. The van der Waals surface area contributed by atoms with E-state index in [1.165, 1.54) is 7.11 Å². The first-order chi connectivity index (χ1) is 14.0. The first-order valence-corrected chi connectivity index (χ1v) is 9.26. The Morgan fingerprint density at radius 1 is 1.07 bits per heavy atom. The number of imidazole rings is 1. The van der Waals surface area contributed by atoms with Crippen LogP contribution < -0.4 is 5.32 Å². The molecule has 29 heavy (non-hydrogen) atoms. The van der Waals surface area contributed by atoms with Gasteiger partial charge in [-0.3, -0.25) is 14.0 Å². The van der Waals surface area contributed by atoms with Crippen molar-refractivity contribution in [1.29, 1.82) is 0 Å². The number of fused-ring (bicyclic) bond motifs is 1. The van der Waals surface area contributed by atoms with Gasteiger partial charge in [-0.1, -0.05) is 6.07 Å². The number of pyridine rings is 1.